The number of hydrogen-bond donors (Lipinski definition) is 1. The van der Waals surface area contributed by atoms with Crippen molar-refractivity contribution in [2.24, 2.45) is 0 Å². The first-order chi connectivity index (χ1) is 6.70. The molecule has 0 amide bonds. The van der Waals surface area contributed by atoms with Gasteiger partial charge < -0.3 is 4.98 Å². The van der Waals surface area contributed by atoms with Crippen LogP contribution in [0.5, 0.6) is 0 Å². The van der Waals surface area contributed by atoms with Crippen molar-refractivity contribution in [2.75, 3.05) is 0 Å². The number of nitrogens with one attached hydrogen (secondary N) is 1. The second kappa shape index (κ2) is 3.23. The van der Waals surface area contributed by atoms with Crippen LogP contribution in [0, 0.1) is 0 Å². The lowest BCUT2D eigenvalue weighted by Crippen LogP contribution is -1.87. The summed E-state index contributed by atoms with van der Waals surface area (Å²) in [7, 11) is 0. The van der Waals surface area contributed by atoms with Crippen LogP contribution >= 0.6 is 11.6 Å². The Hall–Kier alpha value is -1.68. The van der Waals surface area contributed by atoms with Gasteiger partial charge >= 0.3 is 0 Å². The van der Waals surface area contributed by atoms with E-state index >= 15 is 0 Å². The molecule has 0 atom stereocenters. The van der Waals surface area contributed by atoms with Crippen molar-refractivity contribution in [1.29, 1.82) is 0 Å². The van der Waals surface area contributed by atoms with Gasteiger partial charge in [0.25, 0.3) is 5.24 Å². The van der Waals surface area contributed by atoms with Crippen LogP contribution in [0.3, 0.4) is 0 Å². The summed E-state index contributed by atoms with van der Waals surface area (Å²) in [6, 6.07) is 4.76. The number of nitrogens with zero attached hydrogens (tertiary/aromatic N) is 1. The van der Waals surface area contributed by atoms with Crippen molar-refractivity contribution in [3.8, 4) is 0 Å². The number of H-pyrrole nitrogens is 1. The van der Waals surface area contributed by atoms with Crippen molar-refractivity contribution >= 4 is 34.2 Å². The average molecular weight is 209 g/mol. The van der Waals surface area contributed by atoms with E-state index in [2.05, 4.69) is 9.97 Å². The molecule has 1 N–H and O–H groups in total. The fourth-order valence-electron chi connectivity index (χ4n) is 1.21. The first-order valence-electron chi connectivity index (χ1n) is 3.85. The SMILES string of the molecule is O=Cc1nc2ccc(C(=O)Cl)cc2[nH]1. The molecule has 0 bridgehead atoms. The van der Waals surface area contributed by atoms with E-state index in [-0.39, 0.29) is 5.82 Å². The maximum absolute atomic E-state index is 10.8. The van der Waals surface area contributed by atoms with Gasteiger partial charge in [-0.3, -0.25) is 9.59 Å². The second-order valence-electron chi connectivity index (χ2n) is 2.75. The van der Waals surface area contributed by atoms with Gasteiger partial charge in [-0.25, -0.2) is 4.98 Å². The van der Waals surface area contributed by atoms with Gasteiger partial charge in [-0.1, -0.05) is 0 Å². The Bertz CT molecular complexity index is 519. The minimum atomic E-state index is -0.533. The molecule has 1 aromatic heterocycles. The molecule has 0 saturated heterocycles. The molecule has 0 aliphatic carbocycles. The molecule has 2 aromatic rings. The van der Waals surface area contributed by atoms with Crippen molar-refractivity contribution < 1.29 is 9.59 Å². The fourth-order valence-corrected chi connectivity index (χ4v) is 1.32. The lowest BCUT2D eigenvalue weighted by atomic mass is 10.2. The summed E-state index contributed by atoms with van der Waals surface area (Å²) >= 11 is 5.30. The smallest absolute Gasteiger partial charge is 0.252 e. The van der Waals surface area contributed by atoms with E-state index < -0.39 is 5.24 Å². The first kappa shape index (κ1) is 8.90. The number of aldehydes is 1. The molecule has 1 aromatic carbocycles. The molecular formula is C9H5ClN2O2. The Balaban J connectivity index is 2.65. The molecule has 14 heavy (non-hydrogen) atoms. The first-order valence-corrected chi connectivity index (χ1v) is 4.23. The lowest BCUT2D eigenvalue weighted by Gasteiger charge is -1.91. The quantitative estimate of drug-likeness (QED) is 0.604. The summed E-state index contributed by atoms with van der Waals surface area (Å²) < 4.78 is 0. The van der Waals surface area contributed by atoms with E-state index in [1.54, 1.807) is 18.2 Å². The summed E-state index contributed by atoms with van der Waals surface area (Å²) in [5, 5.41) is -0.533. The topological polar surface area (TPSA) is 62.8 Å². The zero-order valence-electron chi connectivity index (χ0n) is 6.95. The van der Waals surface area contributed by atoms with Crippen LogP contribution < -0.4 is 0 Å². The number of fused-ring (bicyclic) bond motifs is 1. The number of halogens is 1. The molecule has 0 unspecified atom stereocenters. The van der Waals surface area contributed by atoms with Gasteiger partial charge in [-0.15, -0.1) is 0 Å². The minimum Gasteiger partial charge on any atom is -0.336 e. The Morgan fingerprint density at radius 3 is 2.93 bits per heavy atom. The highest BCUT2D eigenvalue weighted by Gasteiger charge is 2.05. The van der Waals surface area contributed by atoms with Crippen molar-refractivity contribution in [1.82, 2.24) is 9.97 Å². The molecule has 0 spiro atoms. The van der Waals surface area contributed by atoms with Crippen LogP contribution in [0.1, 0.15) is 21.0 Å². The molecule has 0 aliphatic heterocycles. The van der Waals surface area contributed by atoms with Crippen LogP contribution in [0.2, 0.25) is 0 Å². The van der Waals surface area contributed by atoms with Crippen molar-refractivity contribution in [3.63, 3.8) is 0 Å². The third kappa shape index (κ3) is 1.40. The van der Waals surface area contributed by atoms with E-state index in [4.69, 9.17) is 11.6 Å². The second-order valence-corrected chi connectivity index (χ2v) is 3.09. The number of aromatic amines is 1. The third-order valence-corrected chi connectivity index (χ3v) is 2.06. The Morgan fingerprint density at radius 1 is 1.50 bits per heavy atom. The predicted molar refractivity (Wildman–Crippen MR) is 51.7 cm³/mol. The summed E-state index contributed by atoms with van der Waals surface area (Å²) in [5.41, 5.74) is 1.63. The fraction of sp³-hybridized carbons (Fsp3) is 0. The number of carbonyl (C=O) groups is 2. The van der Waals surface area contributed by atoms with E-state index in [1.807, 2.05) is 0 Å². The van der Waals surface area contributed by atoms with Crippen molar-refractivity contribution in [3.05, 3.63) is 29.6 Å². The molecule has 0 aliphatic rings. The summed E-state index contributed by atoms with van der Waals surface area (Å²) in [4.78, 5) is 27.9. The Labute approximate surface area is 83.9 Å². The molecule has 0 radical (unpaired) electrons. The van der Waals surface area contributed by atoms with E-state index in [0.717, 1.165) is 0 Å². The van der Waals surface area contributed by atoms with Gasteiger partial charge in [-0.2, -0.15) is 0 Å². The normalized spacial score (nSPS) is 10.4. The maximum Gasteiger partial charge on any atom is 0.252 e. The Kier molecular flexibility index (Phi) is 2.05. The molecule has 5 heteroatoms. The summed E-state index contributed by atoms with van der Waals surface area (Å²) in [6.07, 6.45) is 0.613. The molecule has 1 heterocycles. The van der Waals surface area contributed by atoms with Gasteiger partial charge in [0.15, 0.2) is 12.1 Å². The van der Waals surface area contributed by atoms with Gasteiger partial charge in [0, 0.05) is 5.56 Å². The van der Waals surface area contributed by atoms with E-state index in [1.165, 1.54) is 0 Å². The van der Waals surface area contributed by atoms with Crippen molar-refractivity contribution in [2.45, 2.75) is 0 Å². The molecule has 70 valence electrons. The van der Waals surface area contributed by atoms with Crippen LogP contribution in [0.4, 0.5) is 0 Å². The number of hydrogen-bond acceptors (Lipinski definition) is 3. The maximum atomic E-state index is 10.8. The van der Waals surface area contributed by atoms with Crippen LogP contribution in [0.15, 0.2) is 18.2 Å². The zero-order valence-corrected chi connectivity index (χ0v) is 7.71. The molecule has 2 rings (SSSR count). The highest BCUT2D eigenvalue weighted by Crippen LogP contribution is 2.14. The highest BCUT2D eigenvalue weighted by molar-refractivity contribution is 6.67. The van der Waals surface area contributed by atoms with E-state index in [9.17, 15) is 9.59 Å². The van der Waals surface area contributed by atoms with Gasteiger partial charge in [0.1, 0.15) is 0 Å². The Morgan fingerprint density at radius 2 is 2.29 bits per heavy atom. The number of imidazole rings is 1. The number of benzene rings is 1. The molecular weight excluding hydrogens is 204 g/mol. The number of carbonyl (C=O) groups excluding carboxylic acids is 2. The monoisotopic (exact) mass is 208 g/mol. The van der Waals surface area contributed by atoms with Gasteiger partial charge in [0.2, 0.25) is 0 Å². The van der Waals surface area contributed by atoms with Gasteiger partial charge in [0.05, 0.1) is 11.0 Å². The molecule has 0 fully saturated rings. The summed E-state index contributed by atoms with van der Waals surface area (Å²) in [6.45, 7) is 0. The largest absolute Gasteiger partial charge is 0.336 e. The van der Waals surface area contributed by atoms with Crippen LogP contribution in [-0.2, 0) is 0 Å². The van der Waals surface area contributed by atoms with Crippen LogP contribution in [0.25, 0.3) is 11.0 Å². The minimum absolute atomic E-state index is 0.235. The lowest BCUT2D eigenvalue weighted by molar-refractivity contribution is 0.108. The zero-order chi connectivity index (χ0) is 10.1. The van der Waals surface area contributed by atoms with Gasteiger partial charge in [-0.05, 0) is 29.8 Å². The predicted octanol–water partition coefficient (Wildman–Crippen LogP) is 1.75. The molecule has 4 nitrogen and oxygen atoms in total. The molecule has 0 saturated carbocycles. The third-order valence-electron chi connectivity index (χ3n) is 1.84. The van der Waals surface area contributed by atoms with E-state index in [0.29, 0.717) is 22.9 Å². The highest BCUT2D eigenvalue weighted by atomic mass is 35.5. The standard InChI is InChI=1S/C9H5ClN2O2/c10-9(14)5-1-2-6-7(3-5)12-8(4-13)11-6/h1-4H,(H,11,12). The summed E-state index contributed by atoms with van der Waals surface area (Å²) in [5.74, 6) is 0.235. The number of rotatable bonds is 2. The number of aromatic nitrogens is 2. The average Bonchev–Trinajstić information content (AvgIpc) is 2.58. The van der Waals surface area contributed by atoms with Crippen LogP contribution in [-0.4, -0.2) is 21.5 Å².